The summed E-state index contributed by atoms with van der Waals surface area (Å²) < 4.78 is 66.3. The minimum atomic E-state index is -4.86. The van der Waals surface area contributed by atoms with Gasteiger partial charge in [-0.2, -0.15) is 0 Å². The third-order valence-corrected chi connectivity index (χ3v) is 3.86. The lowest BCUT2D eigenvalue weighted by atomic mass is 10.0. The van der Waals surface area contributed by atoms with Crippen molar-refractivity contribution in [1.29, 1.82) is 0 Å². The van der Waals surface area contributed by atoms with Crippen LogP contribution in [0.25, 0.3) is 0 Å². The summed E-state index contributed by atoms with van der Waals surface area (Å²) in [5, 5.41) is 2.87. The van der Waals surface area contributed by atoms with Gasteiger partial charge in [0.2, 0.25) is 6.43 Å². The van der Waals surface area contributed by atoms with E-state index in [-0.39, 0.29) is 17.4 Å². The molecule has 0 saturated carbocycles. The third-order valence-electron chi connectivity index (χ3n) is 3.56. The number of nitrogens with one attached hydrogen (secondary N) is 1. The Labute approximate surface area is 147 Å². The summed E-state index contributed by atoms with van der Waals surface area (Å²) in [6.07, 6.45) is -7.79. The number of hydrogen-bond acceptors (Lipinski definition) is 3. The van der Waals surface area contributed by atoms with Crippen LogP contribution in [0.15, 0.2) is 18.2 Å². The van der Waals surface area contributed by atoms with Crippen molar-refractivity contribution >= 4 is 24.0 Å². The van der Waals surface area contributed by atoms with Crippen LogP contribution < -0.4 is 10.1 Å². The molecule has 0 bridgehead atoms. The fourth-order valence-electron chi connectivity index (χ4n) is 2.59. The predicted octanol–water partition coefficient (Wildman–Crippen LogP) is 4.26. The Kier molecular flexibility index (Phi) is 7.98. The Balaban J connectivity index is 0.00000288. The van der Waals surface area contributed by atoms with E-state index < -0.39 is 31.0 Å². The van der Waals surface area contributed by atoms with E-state index in [0.29, 0.717) is 31.7 Å². The van der Waals surface area contributed by atoms with Gasteiger partial charge >= 0.3 is 6.36 Å². The van der Waals surface area contributed by atoms with Gasteiger partial charge in [-0.1, -0.05) is 17.7 Å². The number of nitrogens with zero attached hydrogens (tertiary/aromatic N) is 1. The first-order valence-electron chi connectivity index (χ1n) is 7.04. The summed E-state index contributed by atoms with van der Waals surface area (Å²) in [6, 6.07) is 3.07. The molecule has 1 aromatic carbocycles. The van der Waals surface area contributed by atoms with Gasteiger partial charge in [0.15, 0.2) is 0 Å². The van der Waals surface area contributed by atoms with E-state index in [4.69, 9.17) is 11.6 Å². The van der Waals surface area contributed by atoms with Gasteiger partial charge < -0.3 is 10.1 Å². The van der Waals surface area contributed by atoms with Gasteiger partial charge in [0.25, 0.3) is 0 Å². The van der Waals surface area contributed by atoms with Crippen molar-refractivity contribution in [2.75, 3.05) is 26.2 Å². The van der Waals surface area contributed by atoms with Crippen LogP contribution in [0.2, 0.25) is 5.02 Å². The van der Waals surface area contributed by atoms with Crippen LogP contribution in [0, 0.1) is 0 Å². The highest BCUT2D eigenvalue weighted by atomic mass is 35.5. The van der Waals surface area contributed by atoms with Crippen molar-refractivity contribution in [3.05, 3.63) is 28.8 Å². The zero-order valence-corrected chi connectivity index (χ0v) is 14.0. The molecule has 0 spiro atoms. The highest BCUT2D eigenvalue weighted by Gasteiger charge is 2.32. The fourth-order valence-corrected chi connectivity index (χ4v) is 2.82. The minimum Gasteiger partial charge on any atom is -0.404 e. The number of halogens is 7. The SMILES string of the molecule is Cl.FC(F)C[C@@H](c1ccc(OC(F)(F)F)c(Cl)c1)N1CCNCC1. The molecule has 1 saturated heterocycles. The van der Waals surface area contributed by atoms with E-state index in [1.807, 2.05) is 4.90 Å². The summed E-state index contributed by atoms with van der Waals surface area (Å²) in [6.45, 7) is 2.50. The van der Waals surface area contributed by atoms with Crippen LogP contribution in [0.3, 0.4) is 0 Å². The molecule has 1 heterocycles. The zero-order valence-electron chi connectivity index (χ0n) is 12.5. The molecule has 1 atom stereocenters. The van der Waals surface area contributed by atoms with E-state index in [1.54, 1.807) is 0 Å². The minimum absolute atomic E-state index is 0. The summed E-state index contributed by atoms with van der Waals surface area (Å²) in [5.74, 6) is -0.543. The second-order valence-electron chi connectivity index (χ2n) is 5.17. The molecule has 1 aromatic rings. The van der Waals surface area contributed by atoms with Crippen molar-refractivity contribution in [2.24, 2.45) is 0 Å². The molecule has 2 rings (SSSR count). The molecule has 24 heavy (non-hydrogen) atoms. The van der Waals surface area contributed by atoms with E-state index in [1.165, 1.54) is 12.1 Å². The van der Waals surface area contributed by atoms with Crippen molar-refractivity contribution < 1.29 is 26.7 Å². The van der Waals surface area contributed by atoms with Gasteiger partial charge in [-0.3, -0.25) is 4.90 Å². The molecular formula is C14H17Cl2F5N2O. The van der Waals surface area contributed by atoms with Crippen LogP contribution in [0.1, 0.15) is 18.0 Å². The first kappa shape index (κ1) is 21.2. The molecule has 0 aromatic heterocycles. The topological polar surface area (TPSA) is 24.5 Å². The highest BCUT2D eigenvalue weighted by molar-refractivity contribution is 6.32. The van der Waals surface area contributed by atoms with Gasteiger partial charge in [-0.05, 0) is 17.7 Å². The maximum absolute atomic E-state index is 12.9. The average Bonchev–Trinajstić information content (AvgIpc) is 2.46. The van der Waals surface area contributed by atoms with Gasteiger partial charge in [-0.25, -0.2) is 8.78 Å². The average molecular weight is 395 g/mol. The summed E-state index contributed by atoms with van der Waals surface area (Å²) in [5.41, 5.74) is 0.451. The van der Waals surface area contributed by atoms with Crippen molar-refractivity contribution in [3.8, 4) is 5.75 Å². The Morgan fingerprint density at radius 3 is 2.33 bits per heavy atom. The molecule has 1 aliphatic heterocycles. The highest BCUT2D eigenvalue weighted by Crippen LogP contribution is 2.35. The lowest BCUT2D eigenvalue weighted by Crippen LogP contribution is -2.45. The smallest absolute Gasteiger partial charge is 0.404 e. The van der Waals surface area contributed by atoms with Crippen molar-refractivity contribution in [1.82, 2.24) is 10.2 Å². The second-order valence-corrected chi connectivity index (χ2v) is 5.57. The second kappa shape index (κ2) is 9.03. The molecule has 1 fully saturated rings. The van der Waals surface area contributed by atoms with E-state index in [9.17, 15) is 22.0 Å². The van der Waals surface area contributed by atoms with Crippen LogP contribution in [0.4, 0.5) is 22.0 Å². The molecule has 0 amide bonds. The number of rotatable bonds is 5. The first-order valence-corrected chi connectivity index (χ1v) is 7.42. The lowest BCUT2D eigenvalue weighted by Gasteiger charge is -2.35. The third kappa shape index (κ3) is 6.23. The van der Waals surface area contributed by atoms with Gasteiger partial charge in [0.1, 0.15) is 5.75 Å². The molecule has 0 radical (unpaired) electrons. The first-order chi connectivity index (χ1) is 10.8. The number of ether oxygens (including phenoxy) is 1. The standard InChI is InChI=1S/C14H16ClF5N2O.ClH/c15-10-7-9(1-2-12(10)23-14(18,19)20)11(8-13(16)17)22-5-3-21-4-6-22;/h1-2,7,11,13,21H,3-6,8H2;1H/t11-;/m0./s1. The number of hydrogen-bond donors (Lipinski definition) is 1. The van der Waals surface area contributed by atoms with E-state index in [2.05, 4.69) is 10.1 Å². The fraction of sp³-hybridized carbons (Fsp3) is 0.571. The Bertz CT molecular complexity index is 524. The van der Waals surface area contributed by atoms with Gasteiger partial charge in [0.05, 0.1) is 5.02 Å². The van der Waals surface area contributed by atoms with Crippen LogP contribution in [-0.2, 0) is 0 Å². The van der Waals surface area contributed by atoms with Crippen molar-refractivity contribution in [2.45, 2.75) is 25.3 Å². The molecule has 1 aliphatic rings. The molecule has 138 valence electrons. The van der Waals surface area contributed by atoms with Crippen LogP contribution >= 0.6 is 24.0 Å². The summed E-state index contributed by atoms with van der Waals surface area (Å²) in [4.78, 5) is 1.87. The van der Waals surface area contributed by atoms with E-state index >= 15 is 0 Å². The molecule has 10 heteroatoms. The monoisotopic (exact) mass is 394 g/mol. The number of piperazine rings is 1. The Morgan fingerprint density at radius 1 is 1.21 bits per heavy atom. The number of benzene rings is 1. The molecule has 0 aliphatic carbocycles. The quantitative estimate of drug-likeness (QED) is 0.755. The lowest BCUT2D eigenvalue weighted by molar-refractivity contribution is -0.274. The Morgan fingerprint density at radius 2 is 1.83 bits per heavy atom. The molecule has 1 N–H and O–H groups in total. The van der Waals surface area contributed by atoms with Crippen LogP contribution in [0.5, 0.6) is 5.75 Å². The molecule has 0 unspecified atom stereocenters. The predicted molar refractivity (Wildman–Crippen MR) is 83.2 cm³/mol. The van der Waals surface area contributed by atoms with Gasteiger partial charge in [-0.15, -0.1) is 25.6 Å². The Hall–Kier alpha value is -0.830. The molecule has 3 nitrogen and oxygen atoms in total. The maximum atomic E-state index is 12.9. The van der Waals surface area contributed by atoms with Crippen LogP contribution in [-0.4, -0.2) is 43.9 Å². The zero-order chi connectivity index (χ0) is 17.0. The number of alkyl halides is 5. The normalized spacial score (nSPS) is 17.5. The van der Waals surface area contributed by atoms with Gasteiger partial charge in [0, 0.05) is 38.6 Å². The summed E-state index contributed by atoms with van der Waals surface area (Å²) >= 11 is 5.81. The largest absolute Gasteiger partial charge is 0.573 e. The van der Waals surface area contributed by atoms with E-state index in [0.717, 1.165) is 6.07 Å². The summed E-state index contributed by atoms with van der Waals surface area (Å²) in [7, 11) is 0. The maximum Gasteiger partial charge on any atom is 0.573 e. The molecular weight excluding hydrogens is 378 g/mol. The van der Waals surface area contributed by atoms with Crippen molar-refractivity contribution in [3.63, 3.8) is 0 Å².